The Morgan fingerprint density at radius 3 is 3.06 bits per heavy atom. The van der Waals surface area contributed by atoms with Gasteiger partial charge in [0.25, 0.3) is 0 Å². The Hall–Kier alpha value is -0.470. The molecule has 2 rings (SSSR count). The third-order valence-electron chi connectivity index (χ3n) is 3.49. The topological polar surface area (TPSA) is 12.0 Å². The van der Waals surface area contributed by atoms with Crippen LogP contribution in [0.25, 0.3) is 0 Å². The largest absolute Gasteiger partial charge is 0.314 e. The van der Waals surface area contributed by atoms with E-state index in [-0.39, 0.29) is 0 Å². The molecule has 0 spiro atoms. The zero-order valence-corrected chi connectivity index (χ0v) is 11.7. The van der Waals surface area contributed by atoms with Gasteiger partial charge in [-0.3, -0.25) is 0 Å². The van der Waals surface area contributed by atoms with E-state index in [9.17, 15) is 0 Å². The molecule has 0 aromatic heterocycles. The van der Waals surface area contributed by atoms with Crippen LogP contribution in [0.2, 0.25) is 0 Å². The fraction of sp³-hybridized carbons (Fsp3) is 0.600. The maximum atomic E-state index is 3.57. The van der Waals surface area contributed by atoms with Crippen molar-refractivity contribution in [1.29, 1.82) is 0 Å². The minimum absolute atomic E-state index is 0.660. The Labute approximate surface area is 109 Å². The highest BCUT2D eigenvalue weighted by Crippen LogP contribution is 2.41. The Kier molecular flexibility index (Phi) is 4.93. The molecule has 1 aliphatic rings. The van der Waals surface area contributed by atoms with E-state index in [0.717, 1.165) is 12.5 Å². The summed E-state index contributed by atoms with van der Waals surface area (Å²) in [4.78, 5) is 1.51. The Morgan fingerprint density at radius 1 is 1.41 bits per heavy atom. The van der Waals surface area contributed by atoms with E-state index >= 15 is 0 Å². The van der Waals surface area contributed by atoms with Gasteiger partial charge in [-0.15, -0.1) is 11.8 Å². The summed E-state index contributed by atoms with van der Waals surface area (Å²) in [5, 5.41) is 3.57. The van der Waals surface area contributed by atoms with Gasteiger partial charge in [0.05, 0.1) is 0 Å². The summed E-state index contributed by atoms with van der Waals surface area (Å²) in [6, 6.07) is 9.56. The molecule has 0 radical (unpaired) electrons. The lowest BCUT2D eigenvalue weighted by Crippen LogP contribution is -2.27. The third-order valence-corrected chi connectivity index (χ3v) is 4.74. The summed E-state index contributed by atoms with van der Waals surface area (Å²) in [5.74, 6) is 2.06. The lowest BCUT2D eigenvalue weighted by Gasteiger charge is -2.16. The predicted octanol–water partition coefficient (Wildman–Crippen LogP) is 4.04. The van der Waals surface area contributed by atoms with Crippen LogP contribution in [-0.4, -0.2) is 18.3 Å². The van der Waals surface area contributed by atoms with Crippen molar-refractivity contribution in [3.05, 3.63) is 29.8 Å². The second kappa shape index (κ2) is 6.46. The van der Waals surface area contributed by atoms with E-state index < -0.39 is 0 Å². The molecule has 1 aromatic rings. The van der Waals surface area contributed by atoms with Crippen molar-refractivity contribution in [3.8, 4) is 0 Å². The predicted molar refractivity (Wildman–Crippen MR) is 76.9 cm³/mol. The van der Waals surface area contributed by atoms with Gasteiger partial charge < -0.3 is 5.32 Å². The van der Waals surface area contributed by atoms with Crippen molar-refractivity contribution in [2.45, 2.75) is 50.0 Å². The summed E-state index contributed by atoms with van der Waals surface area (Å²) >= 11 is 2.03. The summed E-state index contributed by atoms with van der Waals surface area (Å²) < 4.78 is 0. The van der Waals surface area contributed by atoms with Gasteiger partial charge in [-0.2, -0.15) is 0 Å². The number of fused-ring (bicyclic) bond motifs is 1. The first-order valence-electron chi connectivity index (χ1n) is 6.76. The number of hydrogen-bond donors (Lipinski definition) is 1. The first-order chi connectivity index (χ1) is 8.31. The van der Waals surface area contributed by atoms with Crippen molar-refractivity contribution < 1.29 is 0 Å². The molecule has 94 valence electrons. The molecule has 2 unspecified atom stereocenters. The second-order valence-corrected chi connectivity index (χ2v) is 6.04. The van der Waals surface area contributed by atoms with E-state index in [1.165, 1.54) is 29.9 Å². The van der Waals surface area contributed by atoms with Crippen LogP contribution in [-0.2, 0) is 0 Å². The van der Waals surface area contributed by atoms with Gasteiger partial charge in [-0.1, -0.05) is 25.1 Å². The minimum atomic E-state index is 0.660. The van der Waals surface area contributed by atoms with Crippen LogP contribution in [0.4, 0.5) is 0 Å². The maximum absolute atomic E-state index is 3.57. The van der Waals surface area contributed by atoms with Crippen molar-refractivity contribution >= 4 is 11.8 Å². The summed E-state index contributed by atoms with van der Waals surface area (Å²) in [6.07, 6.45) is 3.84. The Balaban J connectivity index is 1.81. The molecule has 0 aliphatic carbocycles. The molecule has 17 heavy (non-hydrogen) atoms. The van der Waals surface area contributed by atoms with Gasteiger partial charge in [0, 0.05) is 16.7 Å². The van der Waals surface area contributed by atoms with Crippen molar-refractivity contribution in [2.75, 3.05) is 12.3 Å². The van der Waals surface area contributed by atoms with Crippen LogP contribution in [0.1, 0.15) is 44.6 Å². The van der Waals surface area contributed by atoms with Crippen molar-refractivity contribution in [1.82, 2.24) is 5.32 Å². The van der Waals surface area contributed by atoms with Crippen LogP contribution in [0.5, 0.6) is 0 Å². The molecule has 0 saturated carbocycles. The maximum Gasteiger partial charge on any atom is 0.0107 e. The quantitative estimate of drug-likeness (QED) is 0.816. The molecular formula is C15H23NS. The highest BCUT2D eigenvalue weighted by molar-refractivity contribution is 7.99. The standard InChI is InChI=1S/C15H23NS/c1-3-10-16-12(2)8-9-13-11-17-15-7-5-4-6-14(13)15/h4-7,12-13,16H,3,8-11H2,1-2H3. The van der Waals surface area contributed by atoms with Crippen LogP contribution in [0, 0.1) is 0 Å². The average Bonchev–Trinajstić information content (AvgIpc) is 2.77. The normalized spacial score (nSPS) is 20.2. The van der Waals surface area contributed by atoms with E-state index in [2.05, 4.69) is 43.4 Å². The van der Waals surface area contributed by atoms with Crippen LogP contribution in [0.15, 0.2) is 29.2 Å². The van der Waals surface area contributed by atoms with Crippen molar-refractivity contribution in [2.24, 2.45) is 0 Å². The van der Waals surface area contributed by atoms with Gasteiger partial charge >= 0.3 is 0 Å². The molecule has 0 amide bonds. The SMILES string of the molecule is CCCNC(C)CCC1CSc2ccccc21. The second-order valence-electron chi connectivity index (χ2n) is 4.98. The molecule has 2 atom stereocenters. The van der Waals surface area contributed by atoms with Gasteiger partial charge in [0.1, 0.15) is 0 Å². The molecule has 2 heteroatoms. The third kappa shape index (κ3) is 3.49. The van der Waals surface area contributed by atoms with E-state index in [4.69, 9.17) is 0 Å². The first kappa shape index (κ1) is 13.0. The Morgan fingerprint density at radius 2 is 2.24 bits per heavy atom. The number of thioether (sulfide) groups is 1. The number of hydrogen-bond acceptors (Lipinski definition) is 2. The minimum Gasteiger partial charge on any atom is -0.314 e. The molecule has 1 nitrogen and oxygen atoms in total. The number of benzene rings is 1. The molecule has 0 saturated heterocycles. The fourth-order valence-corrected chi connectivity index (χ4v) is 3.72. The van der Waals surface area contributed by atoms with Crippen LogP contribution < -0.4 is 5.32 Å². The monoisotopic (exact) mass is 249 g/mol. The molecule has 1 aromatic carbocycles. The molecule has 1 heterocycles. The highest BCUT2D eigenvalue weighted by Gasteiger charge is 2.22. The smallest absolute Gasteiger partial charge is 0.0107 e. The summed E-state index contributed by atoms with van der Waals surface area (Å²) in [6.45, 7) is 5.68. The lowest BCUT2D eigenvalue weighted by molar-refractivity contribution is 0.480. The molecular weight excluding hydrogens is 226 g/mol. The molecule has 0 fully saturated rings. The lowest BCUT2D eigenvalue weighted by atomic mass is 9.94. The molecule has 1 aliphatic heterocycles. The molecule has 1 N–H and O–H groups in total. The zero-order chi connectivity index (χ0) is 12.1. The van der Waals surface area contributed by atoms with Gasteiger partial charge in [0.2, 0.25) is 0 Å². The summed E-state index contributed by atoms with van der Waals surface area (Å²) in [7, 11) is 0. The fourth-order valence-electron chi connectivity index (χ4n) is 2.41. The zero-order valence-electron chi connectivity index (χ0n) is 10.9. The number of rotatable bonds is 6. The van der Waals surface area contributed by atoms with Crippen LogP contribution >= 0.6 is 11.8 Å². The van der Waals surface area contributed by atoms with Gasteiger partial charge in [0.15, 0.2) is 0 Å². The summed E-state index contributed by atoms with van der Waals surface area (Å²) in [5.41, 5.74) is 1.58. The molecule has 0 bridgehead atoms. The van der Waals surface area contributed by atoms with E-state index in [1.54, 1.807) is 5.56 Å². The van der Waals surface area contributed by atoms with E-state index in [0.29, 0.717) is 6.04 Å². The van der Waals surface area contributed by atoms with Gasteiger partial charge in [-0.05, 0) is 50.3 Å². The highest BCUT2D eigenvalue weighted by atomic mass is 32.2. The van der Waals surface area contributed by atoms with Crippen LogP contribution in [0.3, 0.4) is 0 Å². The average molecular weight is 249 g/mol. The van der Waals surface area contributed by atoms with Crippen molar-refractivity contribution in [3.63, 3.8) is 0 Å². The van der Waals surface area contributed by atoms with Gasteiger partial charge in [-0.25, -0.2) is 0 Å². The number of nitrogens with one attached hydrogen (secondary N) is 1. The first-order valence-corrected chi connectivity index (χ1v) is 7.75. The Bertz CT molecular complexity index is 351. The van der Waals surface area contributed by atoms with E-state index in [1.807, 2.05) is 11.8 Å².